The van der Waals surface area contributed by atoms with Gasteiger partial charge in [0.25, 0.3) is 0 Å². The van der Waals surface area contributed by atoms with E-state index in [4.69, 9.17) is 9.47 Å². The summed E-state index contributed by atoms with van der Waals surface area (Å²) in [7, 11) is 1.66. The van der Waals surface area contributed by atoms with Gasteiger partial charge >= 0.3 is 0 Å². The van der Waals surface area contributed by atoms with Crippen LogP contribution in [0.3, 0.4) is 0 Å². The fraction of sp³-hybridized carbons (Fsp3) is 0.632. The average Bonchev–Trinajstić information content (AvgIpc) is 3.27. The Hall–Kier alpha value is -1.46. The molecule has 140 valence electrons. The van der Waals surface area contributed by atoms with Crippen LogP contribution in [-0.4, -0.2) is 31.7 Å². The summed E-state index contributed by atoms with van der Waals surface area (Å²) in [6.45, 7) is 1.52. The van der Waals surface area contributed by atoms with Crippen LogP contribution in [0.1, 0.15) is 50.5 Å². The molecule has 0 spiro atoms. The number of nitrogens with one attached hydrogen (secondary N) is 2. The van der Waals surface area contributed by atoms with Gasteiger partial charge in [-0.3, -0.25) is 4.79 Å². The molecule has 6 heteroatoms. The minimum absolute atomic E-state index is 0. The molecule has 25 heavy (non-hydrogen) atoms. The molecule has 1 aromatic rings. The fourth-order valence-corrected chi connectivity index (χ4v) is 3.52. The molecule has 2 N–H and O–H groups in total. The second kappa shape index (κ2) is 9.88. The van der Waals surface area contributed by atoms with Gasteiger partial charge in [-0.1, -0.05) is 0 Å². The SMILES string of the molecule is COc1ccc(CNC(=O)CC2CCCN2)c(OC2CCCC2)c1.Cl. The van der Waals surface area contributed by atoms with Gasteiger partial charge in [-0.2, -0.15) is 0 Å². The standard InChI is InChI=1S/C19H28N2O3.ClH/c1-23-17-9-8-14(18(12-17)24-16-6-2-3-7-16)13-21-19(22)11-15-5-4-10-20-15;/h8-9,12,15-16,20H,2-7,10-11,13H2,1H3,(H,21,22);1H. The summed E-state index contributed by atoms with van der Waals surface area (Å²) >= 11 is 0. The Kier molecular flexibility index (Phi) is 7.85. The number of hydrogen-bond acceptors (Lipinski definition) is 4. The summed E-state index contributed by atoms with van der Waals surface area (Å²) in [6.07, 6.45) is 7.77. The van der Waals surface area contributed by atoms with Crippen LogP contribution in [0.2, 0.25) is 0 Å². The number of ether oxygens (including phenoxy) is 2. The molecule has 1 atom stereocenters. The van der Waals surface area contributed by atoms with Crippen LogP contribution in [-0.2, 0) is 11.3 Å². The number of carbonyl (C=O) groups is 1. The molecule has 0 radical (unpaired) electrons. The van der Waals surface area contributed by atoms with Crippen molar-refractivity contribution in [3.63, 3.8) is 0 Å². The largest absolute Gasteiger partial charge is 0.497 e. The summed E-state index contributed by atoms with van der Waals surface area (Å²) in [5, 5.41) is 6.39. The zero-order valence-corrected chi connectivity index (χ0v) is 15.7. The number of amides is 1. The molecule has 0 bridgehead atoms. The van der Waals surface area contributed by atoms with Crippen LogP contribution in [0.4, 0.5) is 0 Å². The van der Waals surface area contributed by atoms with E-state index in [0.717, 1.165) is 49.3 Å². The van der Waals surface area contributed by atoms with Crippen molar-refractivity contribution in [3.05, 3.63) is 23.8 Å². The molecule has 5 nitrogen and oxygen atoms in total. The second-order valence-electron chi connectivity index (χ2n) is 6.77. The number of halogens is 1. The van der Waals surface area contributed by atoms with Gasteiger partial charge in [0.05, 0.1) is 13.2 Å². The second-order valence-corrected chi connectivity index (χ2v) is 6.77. The van der Waals surface area contributed by atoms with Crippen molar-refractivity contribution >= 4 is 18.3 Å². The molecule has 1 unspecified atom stereocenters. The van der Waals surface area contributed by atoms with Crippen molar-refractivity contribution in [2.75, 3.05) is 13.7 Å². The van der Waals surface area contributed by atoms with Crippen molar-refractivity contribution < 1.29 is 14.3 Å². The minimum Gasteiger partial charge on any atom is -0.497 e. The Balaban J connectivity index is 0.00000225. The highest BCUT2D eigenvalue weighted by molar-refractivity contribution is 5.85. The lowest BCUT2D eigenvalue weighted by Gasteiger charge is -2.18. The van der Waals surface area contributed by atoms with Crippen LogP contribution >= 0.6 is 12.4 Å². The first-order valence-corrected chi connectivity index (χ1v) is 9.08. The first-order valence-electron chi connectivity index (χ1n) is 9.08. The zero-order valence-electron chi connectivity index (χ0n) is 14.9. The van der Waals surface area contributed by atoms with Crippen LogP contribution in [0.25, 0.3) is 0 Å². The molecular formula is C19H29ClN2O3. The maximum absolute atomic E-state index is 12.1. The molecule has 1 aliphatic heterocycles. The molecule has 1 heterocycles. The quantitative estimate of drug-likeness (QED) is 0.776. The first-order chi connectivity index (χ1) is 11.7. The lowest BCUT2D eigenvalue weighted by Crippen LogP contribution is -2.31. The summed E-state index contributed by atoms with van der Waals surface area (Å²) in [5.41, 5.74) is 1.01. The Labute approximate surface area is 156 Å². The third-order valence-electron chi connectivity index (χ3n) is 4.94. The van der Waals surface area contributed by atoms with Gasteiger partial charge in [0, 0.05) is 30.6 Å². The molecule has 0 aromatic heterocycles. The maximum atomic E-state index is 12.1. The molecule has 2 fully saturated rings. The molecule has 3 rings (SSSR count). The molecular weight excluding hydrogens is 340 g/mol. The van der Waals surface area contributed by atoms with Crippen LogP contribution in [0.5, 0.6) is 11.5 Å². The van der Waals surface area contributed by atoms with E-state index in [1.165, 1.54) is 12.8 Å². The minimum atomic E-state index is 0. The monoisotopic (exact) mass is 368 g/mol. The molecule has 1 amide bonds. The molecule has 1 aliphatic carbocycles. The Morgan fingerprint density at radius 1 is 1.24 bits per heavy atom. The number of benzene rings is 1. The van der Waals surface area contributed by atoms with Gasteiger partial charge in [-0.25, -0.2) is 0 Å². The Morgan fingerprint density at radius 2 is 2.04 bits per heavy atom. The summed E-state index contributed by atoms with van der Waals surface area (Å²) < 4.78 is 11.5. The van der Waals surface area contributed by atoms with Gasteiger partial charge in [0.15, 0.2) is 0 Å². The predicted molar refractivity (Wildman–Crippen MR) is 101 cm³/mol. The Morgan fingerprint density at radius 3 is 2.72 bits per heavy atom. The van der Waals surface area contributed by atoms with Crippen molar-refractivity contribution in [2.24, 2.45) is 0 Å². The number of carbonyl (C=O) groups excluding carboxylic acids is 1. The van der Waals surface area contributed by atoms with E-state index in [1.54, 1.807) is 7.11 Å². The molecule has 1 aromatic carbocycles. The van der Waals surface area contributed by atoms with E-state index in [0.29, 0.717) is 19.0 Å². The smallest absolute Gasteiger partial charge is 0.221 e. The average molecular weight is 369 g/mol. The van der Waals surface area contributed by atoms with Gasteiger partial charge < -0.3 is 20.1 Å². The van der Waals surface area contributed by atoms with E-state index < -0.39 is 0 Å². The molecule has 1 saturated heterocycles. The number of hydrogen-bond donors (Lipinski definition) is 2. The highest BCUT2D eigenvalue weighted by Crippen LogP contribution is 2.30. The predicted octanol–water partition coefficient (Wildman–Crippen LogP) is 3.20. The third kappa shape index (κ3) is 5.79. The normalized spacial score (nSPS) is 20.1. The first kappa shape index (κ1) is 19.9. The van der Waals surface area contributed by atoms with E-state index in [9.17, 15) is 4.79 Å². The van der Waals surface area contributed by atoms with Crippen LogP contribution < -0.4 is 20.1 Å². The van der Waals surface area contributed by atoms with Crippen molar-refractivity contribution in [1.82, 2.24) is 10.6 Å². The van der Waals surface area contributed by atoms with E-state index in [1.807, 2.05) is 18.2 Å². The number of rotatable bonds is 7. The summed E-state index contributed by atoms with van der Waals surface area (Å²) in [4.78, 5) is 12.1. The van der Waals surface area contributed by atoms with Gasteiger partial charge in [-0.15, -0.1) is 12.4 Å². The number of methoxy groups -OCH3 is 1. The van der Waals surface area contributed by atoms with Crippen molar-refractivity contribution in [1.29, 1.82) is 0 Å². The fourth-order valence-electron chi connectivity index (χ4n) is 3.52. The van der Waals surface area contributed by atoms with E-state index in [-0.39, 0.29) is 24.4 Å². The third-order valence-corrected chi connectivity index (χ3v) is 4.94. The lowest BCUT2D eigenvalue weighted by atomic mass is 10.1. The van der Waals surface area contributed by atoms with Gasteiger partial charge in [-0.05, 0) is 57.2 Å². The highest BCUT2D eigenvalue weighted by Gasteiger charge is 2.20. The van der Waals surface area contributed by atoms with E-state index >= 15 is 0 Å². The van der Waals surface area contributed by atoms with Crippen LogP contribution in [0, 0.1) is 0 Å². The molecule has 2 aliphatic rings. The van der Waals surface area contributed by atoms with Crippen LogP contribution in [0.15, 0.2) is 18.2 Å². The van der Waals surface area contributed by atoms with Gasteiger partial charge in [0.1, 0.15) is 11.5 Å². The lowest BCUT2D eigenvalue weighted by molar-refractivity contribution is -0.121. The molecule has 1 saturated carbocycles. The Bertz CT molecular complexity index is 556. The zero-order chi connectivity index (χ0) is 16.8. The van der Waals surface area contributed by atoms with Gasteiger partial charge in [0.2, 0.25) is 5.91 Å². The topological polar surface area (TPSA) is 59.6 Å². The maximum Gasteiger partial charge on any atom is 0.221 e. The van der Waals surface area contributed by atoms with E-state index in [2.05, 4.69) is 10.6 Å². The van der Waals surface area contributed by atoms with Crippen molar-refractivity contribution in [3.8, 4) is 11.5 Å². The highest BCUT2D eigenvalue weighted by atomic mass is 35.5. The summed E-state index contributed by atoms with van der Waals surface area (Å²) in [6, 6.07) is 6.16. The summed E-state index contributed by atoms with van der Waals surface area (Å²) in [5.74, 6) is 1.71. The van der Waals surface area contributed by atoms with Crippen molar-refractivity contribution in [2.45, 2.75) is 63.6 Å².